The highest BCUT2D eigenvalue weighted by atomic mass is 16.6. The van der Waals surface area contributed by atoms with Crippen LogP contribution < -0.4 is 0 Å². The minimum atomic E-state index is -0.250. The molecule has 2 saturated carbocycles. The van der Waals surface area contributed by atoms with Crippen molar-refractivity contribution in [3.8, 4) is 0 Å². The molecule has 0 aromatic rings. The maximum atomic E-state index is 11.9. The number of carbonyl (C=O) groups excluding carboxylic acids is 1. The third-order valence-corrected chi connectivity index (χ3v) is 4.21. The second-order valence-electron chi connectivity index (χ2n) is 5.12. The molecular weight excluding hydrogens is 192 g/mol. The summed E-state index contributed by atoms with van der Waals surface area (Å²) in [6.07, 6.45) is 5.20. The average Bonchev–Trinajstić information content (AvgIpc) is 2.37. The van der Waals surface area contributed by atoms with Crippen LogP contribution in [0.5, 0.6) is 0 Å². The van der Waals surface area contributed by atoms with Crippen molar-refractivity contribution in [1.82, 2.24) is 0 Å². The zero-order chi connectivity index (χ0) is 10.5. The Labute approximate surface area is 90.1 Å². The molecule has 1 heterocycles. The van der Waals surface area contributed by atoms with Crippen molar-refractivity contribution < 1.29 is 14.3 Å². The van der Waals surface area contributed by atoms with Crippen molar-refractivity contribution in [2.24, 2.45) is 5.92 Å². The molecule has 1 spiro atoms. The van der Waals surface area contributed by atoms with E-state index in [2.05, 4.69) is 0 Å². The summed E-state index contributed by atoms with van der Waals surface area (Å²) in [5.41, 5.74) is -0.222. The number of ketones is 1. The lowest BCUT2D eigenvalue weighted by Crippen LogP contribution is -2.70. The molecule has 0 N–H and O–H groups in total. The Kier molecular flexibility index (Phi) is 2.15. The van der Waals surface area contributed by atoms with Gasteiger partial charge in [0.1, 0.15) is 11.7 Å². The van der Waals surface area contributed by atoms with Gasteiger partial charge in [0.25, 0.3) is 0 Å². The van der Waals surface area contributed by atoms with Gasteiger partial charge in [0.05, 0.1) is 12.0 Å². The lowest BCUT2D eigenvalue weighted by Gasteiger charge is -2.54. The minimum Gasteiger partial charge on any atom is -0.371 e. The van der Waals surface area contributed by atoms with Gasteiger partial charge in [0, 0.05) is 6.61 Å². The largest absolute Gasteiger partial charge is 0.371 e. The van der Waals surface area contributed by atoms with E-state index in [4.69, 9.17) is 9.47 Å². The first-order valence-corrected chi connectivity index (χ1v) is 6.07. The van der Waals surface area contributed by atoms with Crippen molar-refractivity contribution in [1.29, 1.82) is 0 Å². The van der Waals surface area contributed by atoms with Crippen molar-refractivity contribution in [3.05, 3.63) is 0 Å². The predicted octanol–water partition coefficient (Wildman–Crippen LogP) is 1.69. The number of Topliss-reactive ketones (excluding diaryl/α,β-unsaturated/α-hetero) is 1. The van der Waals surface area contributed by atoms with E-state index in [9.17, 15) is 4.79 Å². The van der Waals surface area contributed by atoms with Gasteiger partial charge in [-0.2, -0.15) is 0 Å². The van der Waals surface area contributed by atoms with Gasteiger partial charge in [0.15, 0.2) is 5.78 Å². The summed E-state index contributed by atoms with van der Waals surface area (Å²) in [4.78, 5) is 11.9. The molecule has 0 aromatic heterocycles. The molecule has 0 unspecified atom stereocenters. The lowest BCUT2D eigenvalue weighted by molar-refractivity contribution is -0.225. The fourth-order valence-electron chi connectivity index (χ4n) is 3.34. The summed E-state index contributed by atoms with van der Waals surface area (Å²) < 4.78 is 11.8. The van der Waals surface area contributed by atoms with Crippen LogP contribution in [0.15, 0.2) is 0 Å². The first-order valence-electron chi connectivity index (χ1n) is 6.07. The molecule has 84 valence electrons. The summed E-state index contributed by atoms with van der Waals surface area (Å²) in [6.45, 7) is 2.78. The maximum Gasteiger partial charge on any atom is 0.170 e. The smallest absolute Gasteiger partial charge is 0.170 e. The Bertz CT molecular complexity index is 289. The second kappa shape index (κ2) is 3.29. The molecule has 4 atom stereocenters. The lowest BCUT2D eigenvalue weighted by atomic mass is 9.58. The second-order valence-corrected chi connectivity index (χ2v) is 5.12. The van der Waals surface area contributed by atoms with E-state index in [1.54, 1.807) is 0 Å². The number of carbonyl (C=O) groups is 1. The topological polar surface area (TPSA) is 35.5 Å². The number of ether oxygens (including phenoxy) is 2. The molecule has 0 radical (unpaired) electrons. The maximum absolute atomic E-state index is 11.9. The molecule has 3 rings (SSSR count). The summed E-state index contributed by atoms with van der Waals surface area (Å²) in [7, 11) is 0. The van der Waals surface area contributed by atoms with E-state index in [1.807, 2.05) is 6.92 Å². The van der Waals surface area contributed by atoms with Crippen molar-refractivity contribution in [2.75, 3.05) is 6.61 Å². The number of rotatable bonds is 0. The van der Waals surface area contributed by atoms with E-state index in [0.29, 0.717) is 5.78 Å². The van der Waals surface area contributed by atoms with Crippen molar-refractivity contribution in [3.63, 3.8) is 0 Å². The van der Waals surface area contributed by atoms with E-state index >= 15 is 0 Å². The predicted molar refractivity (Wildman–Crippen MR) is 54.6 cm³/mol. The SMILES string of the molecule is C[C@H]1CCO[C@]23CCCC[C@H]2C(=O)[C@H]3O1. The van der Waals surface area contributed by atoms with Crippen LogP contribution in [0.2, 0.25) is 0 Å². The summed E-state index contributed by atoms with van der Waals surface area (Å²) in [5, 5.41) is 0. The monoisotopic (exact) mass is 210 g/mol. The summed E-state index contributed by atoms with van der Waals surface area (Å²) in [6, 6.07) is 0. The van der Waals surface area contributed by atoms with Gasteiger partial charge in [-0.25, -0.2) is 0 Å². The zero-order valence-corrected chi connectivity index (χ0v) is 9.20. The Morgan fingerprint density at radius 3 is 3.07 bits per heavy atom. The first kappa shape index (κ1) is 9.79. The standard InChI is InChI=1S/C12H18O3/c1-8-5-7-14-12-6-3-2-4-9(12)10(13)11(12)15-8/h8-9,11H,2-7H2,1H3/t8-,9-,11+,12+/m0/s1. The summed E-state index contributed by atoms with van der Waals surface area (Å²) >= 11 is 0. The molecule has 3 heteroatoms. The molecule has 0 aromatic carbocycles. The van der Waals surface area contributed by atoms with Crippen LogP contribution in [-0.4, -0.2) is 30.2 Å². The van der Waals surface area contributed by atoms with Gasteiger partial charge in [0.2, 0.25) is 0 Å². The third kappa shape index (κ3) is 1.23. The van der Waals surface area contributed by atoms with Crippen LogP contribution in [0.25, 0.3) is 0 Å². The highest BCUT2D eigenvalue weighted by molar-refractivity contribution is 5.95. The van der Waals surface area contributed by atoms with E-state index in [-0.39, 0.29) is 23.7 Å². The van der Waals surface area contributed by atoms with Crippen molar-refractivity contribution >= 4 is 5.78 Å². The Hall–Kier alpha value is -0.410. The summed E-state index contributed by atoms with van der Waals surface area (Å²) in [5.74, 6) is 0.435. The molecule has 3 aliphatic rings. The molecule has 15 heavy (non-hydrogen) atoms. The van der Waals surface area contributed by atoms with Gasteiger partial charge in [-0.15, -0.1) is 0 Å². The number of hydrogen-bond donors (Lipinski definition) is 0. The van der Waals surface area contributed by atoms with Crippen molar-refractivity contribution in [2.45, 2.75) is 56.8 Å². The van der Waals surface area contributed by atoms with Crippen LogP contribution in [0.4, 0.5) is 0 Å². The molecule has 2 aliphatic carbocycles. The normalized spacial score (nSPS) is 49.9. The minimum absolute atomic E-state index is 0.140. The van der Waals surface area contributed by atoms with Crippen LogP contribution >= 0.6 is 0 Å². The first-order chi connectivity index (χ1) is 7.24. The van der Waals surface area contributed by atoms with Gasteiger partial charge < -0.3 is 9.47 Å². The van der Waals surface area contributed by atoms with Crippen LogP contribution in [0.3, 0.4) is 0 Å². The quantitative estimate of drug-likeness (QED) is 0.610. The van der Waals surface area contributed by atoms with Crippen LogP contribution in [0.1, 0.15) is 39.0 Å². The fourth-order valence-corrected chi connectivity index (χ4v) is 3.34. The number of hydrogen-bond acceptors (Lipinski definition) is 3. The molecule has 3 nitrogen and oxygen atoms in total. The highest BCUT2D eigenvalue weighted by Gasteiger charge is 2.65. The average molecular weight is 210 g/mol. The van der Waals surface area contributed by atoms with E-state index in [0.717, 1.165) is 25.9 Å². The molecule has 0 amide bonds. The Morgan fingerprint density at radius 1 is 1.33 bits per heavy atom. The Morgan fingerprint density at radius 2 is 2.20 bits per heavy atom. The highest BCUT2D eigenvalue weighted by Crippen LogP contribution is 2.51. The molecule has 0 bridgehead atoms. The van der Waals surface area contributed by atoms with E-state index in [1.165, 1.54) is 12.8 Å². The fraction of sp³-hybridized carbons (Fsp3) is 0.917. The molecule has 1 aliphatic heterocycles. The van der Waals surface area contributed by atoms with E-state index < -0.39 is 0 Å². The zero-order valence-electron chi connectivity index (χ0n) is 9.20. The van der Waals surface area contributed by atoms with Gasteiger partial charge in [-0.1, -0.05) is 12.8 Å². The third-order valence-electron chi connectivity index (χ3n) is 4.21. The molecule has 1 saturated heterocycles. The molecular formula is C12H18O3. The Balaban J connectivity index is 1.88. The van der Waals surface area contributed by atoms with Gasteiger partial charge >= 0.3 is 0 Å². The molecule has 3 fully saturated rings. The van der Waals surface area contributed by atoms with Gasteiger partial charge in [-0.3, -0.25) is 4.79 Å². The van der Waals surface area contributed by atoms with Crippen LogP contribution in [0, 0.1) is 5.92 Å². The van der Waals surface area contributed by atoms with Crippen LogP contribution in [-0.2, 0) is 14.3 Å². The van der Waals surface area contributed by atoms with Gasteiger partial charge in [-0.05, 0) is 26.2 Å².